The van der Waals surface area contributed by atoms with E-state index in [9.17, 15) is 75.1 Å². The molecule has 29 nitrogen and oxygen atoms in total. The second-order valence-electron chi connectivity index (χ2n) is 30.2. The van der Waals surface area contributed by atoms with Crippen LogP contribution in [0.1, 0.15) is 115 Å². The third-order valence-electron chi connectivity index (χ3n) is 19.9. The number of carbonyl (C=O) groups is 12. The Balaban J connectivity index is 0.000000193. The van der Waals surface area contributed by atoms with E-state index in [1.165, 1.54) is 108 Å². The van der Waals surface area contributed by atoms with Crippen LogP contribution in [0.25, 0.3) is 0 Å². The zero-order valence-electron chi connectivity index (χ0n) is 71.5. The number of amides is 12. The van der Waals surface area contributed by atoms with E-state index in [1.54, 1.807) is 103 Å². The smallest absolute Gasteiger partial charge is 0.382 e. The number of thiophene rings is 4. The Morgan fingerprint density at radius 3 is 1.07 bits per heavy atom. The van der Waals surface area contributed by atoms with Gasteiger partial charge >= 0.3 is 6.18 Å². The van der Waals surface area contributed by atoms with Gasteiger partial charge in [-0.3, -0.25) is 57.5 Å². The molecule has 0 spiro atoms. The number of morpholine rings is 4. The fraction of sp³-hybridized carbons (Fsp3) is 0.333. The summed E-state index contributed by atoms with van der Waals surface area (Å²) in [6, 6.07) is 30.3. The number of thioether (sulfide) groups is 1. The molecule has 4 aliphatic rings. The molecule has 12 amide bonds. The fourth-order valence-electron chi connectivity index (χ4n) is 12.9. The molecule has 3 unspecified atom stereocenters. The highest BCUT2D eigenvalue weighted by Gasteiger charge is 2.58. The number of aryl methyl sites for hydroxylation is 4. The number of anilines is 8. The number of nitrogens with one attached hydrogen (secondary N) is 8. The molecular formula is C90H92F4N12O17S5. The predicted octanol–water partition coefficient (Wildman–Crippen LogP) is 10.8. The van der Waals surface area contributed by atoms with Crippen LogP contribution in [0, 0.1) is 82.9 Å². The summed E-state index contributed by atoms with van der Waals surface area (Å²) in [5.41, 5.74) is -0.393. The van der Waals surface area contributed by atoms with Gasteiger partial charge in [-0.2, -0.15) is 24.9 Å². The van der Waals surface area contributed by atoms with Gasteiger partial charge in [0.05, 0.1) is 77.7 Å². The average molecular weight is 1850 g/mol. The minimum absolute atomic E-state index is 0.0305. The lowest BCUT2D eigenvalue weighted by molar-refractivity contribution is -0.190. The zero-order valence-corrected chi connectivity index (χ0v) is 75.5. The Labute approximate surface area is 756 Å². The molecule has 0 radical (unpaired) electrons. The maximum absolute atomic E-state index is 14.7. The SMILES string of the molecule is C#Cc1ccc(C(=O)NC(C)(C(=O)Nc2ccc(N3CCOCC3=O)c(C)c2)C(F)(F)F)s1.C#Cc1ccc(C(=O)NC(C)(C)C(=O)Nc2cc(C)c(N3CCOCC3=O)cc2F)s1.C#Cc1ccc(C(=O)NC(C)(COC)C(=O)Nc2ccc(N3CCOCC3=O)c(C)c2)s1.C#Cc1ccc(C(=O)NC(C)(CSC)C(=O)Nc2ccc(N3CCOCC3=O)c(C)c2)s1. The van der Waals surface area contributed by atoms with Gasteiger partial charge in [-0.1, -0.05) is 23.7 Å². The van der Waals surface area contributed by atoms with Crippen LogP contribution < -0.4 is 62.1 Å². The Kier molecular flexibility index (Phi) is 33.9. The maximum atomic E-state index is 14.7. The van der Waals surface area contributed by atoms with Crippen molar-refractivity contribution in [2.75, 3.05) is 146 Å². The van der Waals surface area contributed by atoms with E-state index in [1.807, 2.05) is 32.2 Å². The van der Waals surface area contributed by atoms with E-state index in [0.29, 0.717) is 133 Å². The Bertz CT molecular complexity index is 5590. The number of halogens is 4. The summed E-state index contributed by atoms with van der Waals surface area (Å²) in [5.74, 6) is 3.63. The fourth-order valence-corrected chi connectivity index (χ4v) is 16.6. The summed E-state index contributed by atoms with van der Waals surface area (Å²) in [6.45, 7) is 17.4. The number of hydrogen-bond acceptors (Lipinski definition) is 22. The molecule has 8 heterocycles. The van der Waals surface area contributed by atoms with Gasteiger partial charge in [0.25, 0.3) is 65.0 Å². The van der Waals surface area contributed by atoms with Gasteiger partial charge in [0, 0.05) is 84.9 Å². The second kappa shape index (κ2) is 43.8. The number of hydrogen-bond donors (Lipinski definition) is 8. The first-order valence-corrected chi connectivity index (χ1v) is 43.8. The summed E-state index contributed by atoms with van der Waals surface area (Å²) < 4.78 is 82.1. The molecule has 8 N–H and O–H groups in total. The van der Waals surface area contributed by atoms with Crippen LogP contribution in [-0.4, -0.2) is 204 Å². The summed E-state index contributed by atoms with van der Waals surface area (Å²) >= 11 is 5.81. The molecule has 3 atom stereocenters. The standard InChI is InChI=1S/C23H25N3O5S.C23H25N3O4S2.C22H20F3N3O4S.C22H22FN3O4S/c1-5-17-7-9-19(32-17)21(28)25-23(3,14-30-4)22(29)24-16-6-8-18(15(2)12-16)26-10-11-31-13-20(26)27;1-5-17-7-9-19(32-17)21(28)25-23(3,14-31-4)22(29)24-16-6-8-18(15(2)12-16)26-10-11-30-13-20(26)27;1-4-15-6-8-17(33-15)19(30)27-21(3,22(23,24)25)20(31)26-14-5-7-16(13(2)11-14)28-9-10-32-12-18(28)29;1-5-14-6-7-18(31-14)20(28)25-22(3,4)21(29)24-16-10-13(2)17(11-15(16)23)26-8-9-30-12-19(26)27/h2*1,6-9,12H,10-11,13-14H2,2-4H3,(H,24,29)(H,25,28);1,5-8,11H,9-10,12H2,2-3H3,(H,26,31)(H,27,30);1,6-7,10-11H,8-9,12H2,2-4H3,(H,24,29)(H,25,28). The van der Waals surface area contributed by atoms with Crippen LogP contribution in [-0.2, 0) is 62.0 Å². The molecule has 0 bridgehead atoms. The minimum atomic E-state index is -5.09. The predicted molar refractivity (Wildman–Crippen MR) is 486 cm³/mol. The molecule has 8 aromatic rings. The molecule has 4 aliphatic heterocycles. The van der Waals surface area contributed by atoms with Crippen molar-refractivity contribution in [3.05, 3.63) is 182 Å². The first-order chi connectivity index (χ1) is 60.6. The van der Waals surface area contributed by atoms with Crippen molar-refractivity contribution in [1.29, 1.82) is 0 Å². The molecule has 672 valence electrons. The highest BCUT2D eigenvalue weighted by atomic mass is 32.2. The van der Waals surface area contributed by atoms with E-state index in [2.05, 4.69) is 60.9 Å². The van der Waals surface area contributed by atoms with Crippen LogP contribution in [0.15, 0.2) is 115 Å². The molecule has 0 saturated carbocycles. The van der Waals surface area contributed by atoms with Crippen LogP contribution in [0.2, 0.25) is 0 Å². The first kappa shape index (κ1) is 99.2. The minimum Gasteiger partial charge on any atom is -0.382 e. The van der Waals surface area contributed by atoms with Crippen molar-refractivity contribution in [2.24, 2.45) is 0 Å². The highest BCUT2D eigenvalue weighted by molar-refractivity contribution is 7.98. The number of nitrogens with zero attached hydrogens (tertiary/aromatic N) is 4. The number of benzene rings is 4. The second-order valence-corrected chi connectivity index (χ2v) is 35.4. The lowest BCUT2D eigenvalue weighted by Crippen LogP contribution is -2.63. The van der Waals surface area contributed by atoms with Crippen molar-refractivity contribution in [1.82, 2.24) is 21.3 Å². The first-order valence-electron chi connectivity index (χ1n) is 39.1. The van der Waals surface area contributed by atoms with Crippen LogP contribution in [0.4, 0.5) is 63.1 Å². The highest BCUT2D eigenvalue weighted by Crippen LogP contribution is 2.36. The van der Waals surface area contributed by atoms with Crippen molar-refractivity contribution in [3.8, 4) is 49.4 Å². The van der Waals surface area contributed by atoms with Gasteiger partial charge in [-0.15, -0.1) is 71.0 Å². The van der Waals surface area contributed by atoms with Gasteiger partial charge < -0.3 is 85.8 Å². The molecule has 0 aliphatic carbocycles. The van der Waals surface area contributed by atoms with Crippen molar-refractivity contribution >= 4 is 173 Å². The average Bonchev–Trinajstić information content (AvgIpc) is 1.04. The van der Waals surface area contributed by atoms with Crippen molar-refractivity contribution < 1.29 is 98.8 Å². The number of methoxy groups -OCH3 is 1. The van der Waals surface area contributed by atoms with E-state index in [-0.39, 0.29) is 84.7 Å². The molecule has 38 heteroatoms. The number of ether oxygens (including phenoxy) is 5. The van der Waals surface area contributed by atoms with Gasteiger partial charge in [-0.05, 0) is 200 Å². The summed E-state index contributed by atoms with van der Waals surface area (Å²) in [5, 5.41) is 20.5. The number of carbonyl (C=O) groups excluding carboxylic acids is 12. The molecular weight excluding hydrogens is 1760 g/mol. The number of alkyl halides is 3. The molecule has 4 aromatic heterocycles. The lowest BCUT2D eigenvalue weighted by Gasteiger charge is -2.31. The normalized spacial score (nSPS) is 15.3. The van der Waals surface area contributed by atoms with Gasteiger partial charge in [0.15, 0.2) is 0 Å². The Morgan fingerprint density at radius 1 is 0.430 bits per heavy atom. The monoisotopic (exact) mass is 1850 g/mol. The third kappa shape index (κ3) is 25.0. The lowest BCUT2D eigenvalue weighted by atomic mass is 9.99. The quantitative estimate of drug-likeness (QED) is 0.0206. The molecule has 128 heavy (non-hydrogen) atoms. The van der Waals surface area contributed by atoms with Gasteiger partial charge in [0.2, 0.25) is 11.4 Å². The van der Waals surface area contributed by atoms with E-state index in [4.69, 9.17) is 49.4 Å². The molecule has 4 aromatic carbocycles. The summed E-state index contributed by atoms with van der Waals surface area (Å²) in [7, 11) is 1.46. The summed E-state index contributed by atoms with van der Waals surface area (Å²) in [6.07, 6.45) is 18.1. The van der Waals surface area contributed by atoms with Crippen LogP contribution >= 0.6 is 57.1 Å². The Hall–Kier alpha value is -12.6. The number of terminal acetylenes is 4. The van der Waals surface area contributed by atoms with E-state index >= 15 is 0 Å². The number of rotatable bonds is 24. The maximum Gasteiger partial charge on any atom is 0.420 e. The molecule has 4 fully saturated rings. The van der Waals surface area contributed by atoms with E-state index in [0.717, 1.165) is 45.2 Å². The summed E-state index contributed by atoms with van der Waals surface area (Å²) in [4.78, 5) is 160. The van der Waals surface area contributed by atoms with E-state index < -0.39 is 69.6 Å². The molecule has 12 rings (SSSR count). The van der Waals surface area contributed by atoms with Gasteiger partial charge in [0.1, 0.15) is 48.9 Å². The Morgan fingerprint density at radius 2 is 0.750 bits per heavy atom. The molecule has 4 saturated heterocycles. The largest absolute Gasteiger partial charge is 0.420 e. The van der Waals surface area contributed by atoms with Crippen LogP contribution in [0.5, 0.6) is 0 Å². The van der Waals surface area contributed by atoms with Crippen molar-refractivity contribution in [2.45, 2.75) is 90.6 Å². The van der Waals surface area contributed by atoms with Crippen LogP contribution in [0.3, 0.4) is 0 Å². The van der Waals surface area contributed by atoms with Crippen molar-refractivity contribution in [3.63, 3.8) is 0 Å². The van der Waals surface area contributed by atoms with Gasteiger partial charge in [-0.25, -0.2) is 4.39 Å². The topological polar surface area (TPSA) is 360 Å². The third-order valence-corrected chi connectivity index (χ3v) is 24.8. The zero-order chi connectivity index (χ0) is 93.8.